The second-order valence-electron chi connectivity index (χ2n) is 16.5. The molecule has 10 aromatic rings. The van der Waals surface area contributed by atoms with Crippen molar-refractivity contribution in [2.45, 2.75) is 31.0 Å². The summed E-state index contributed by atoms with van der Waals surface area (Å²) in [7, 11) is 0. The summed E-state index contributed by atoms with van der Waals surface area (Å²) in [6.45, 7) is 0. The number of allylic oxidation sites excluding steroid dienone is 3. The second kappa shape index (κ2) is 12.2. The minimum absolute atomic E-state index is 0.0507. The molecule has 0 radical (unpaired) electrons. The molecule has 0 bridgehead atoms. The zero-order valence-electron chi connectivity index (χ0n) is 32.6. The van der Waals surface area contributed by atoms with Crippen LogP contribution in [-0.4, -0.2) is 59.7 Å². The summed E-state index contributed by atoms with van der Waals surface area (Å²) in [4.78, 5) is 71.0. The van der Waals surface area contributed by atoms with Crippen LogP contribution in [0.4, 0.5) is 0 Å². The van der Waals surface area contributed by atoms with Crippen LogP contribution in [0.3, 0.4) is 0 Å². The molecule has 3 atom stereocenters. The molecule has 4 aliphatic rings. The number of nitrogens with zero attached hydrogens (tertiary/aromatic N) is 2. The molecule has 12 heteroatoms. The van der Waals surface area contributed by atoms with Crippen LogP contribution in [0.5, 0.6) is 0 Å². The molecule has 0 spiro atoms. The molecule has 0 saturated carbocycles. The van der Waals surface area contributed by atoms with E-state index < -0.39 is 6.10 Å². The van der Waals surface area contributed by atoms with Gasteiger partial charge >= 0.3 is 0 Å². The first-order valence-electron chi connectivity index (χ1n) is 20.5. The number of aromatic amines is 2. The first-order valence-corrected chi connectivity index (χ1v) is 20.5. The third kappa shape index (κ3) is 4.45. The van der Waals surface area contributed by atoms with E-state index in [0.29, 0.717) is 35.1 Å². The smallest absolute Gasteiger partial charge is 0.259 e. The van der Waals surface area contributed by atoms with Crippen LogP contribution in [0, 0.1) is 0 Å². The lowest BCUT2D eigenvalue weighted by atomic mass is 9.96. The number of para-hydroxylation sites is 4. The van der Waals surface area contributed by atoms with Crippen LogP contribution >= 0.6 is 0 Å². The highest BCUT2D eigenvalue weighted by Crippen LogP contribution is 2.47. The number of hydrogen-bond acceptors (Lipinski definition) is 6. The van der Waals surface area contributed by atoms with Gasteiger partial charge in [-0.3, -0.25) is 34.6 Å². The summed E-state index contributed by atoms with van der Waals surface area (Å²) in [5, 5.41) is 21.9. The van der Waals surface area contributed by atoms with E-state index in [9.17, 15) is 29.1 Å². The Balaban J connectivity index is 0.000000126. The Morgan fingerprint density at radius 3 is 1.37 bits per heavy atom. The van der Waals surface area contributed by atoms with E-state index in [1.807, 2.05) is 115 Å². The van der Waals surface area contributed by atoms with Gasteiger partial charge in [-0.05, 0) is 30.3 Å². The van der Waals surface area contributed by atoms with E-state index in [2.05, 4.69) is 29.7 Å². The summed E-state index contributed by atoms with van der Waals surface area (Å²) in [5.74, 6) is -1.38. The molecule has 298 valence electrons. The van der Waals surface area contributed by atoms with Gasteiger partial charge in [-0.1, -0.05) is 91.0 Å². The highest BCUT2D eigenvalue weighted by molar-refractivity contribution is 6.41. The normalized spacial score (nSPS) is 19.4. The molecular weight excluding hydrogens is 781 g/mol. The van der Waals surface area contributed by atoms with Crippen LogP contribution in [0.1, 0.15) is 66.4 Å². The average Bonchev–Trinajstić information content (AvgIpc) is 4.15. The van der Waals surface area contributed by atoms with Crippen molar-refractivity contribution in [1.82, 2.24) is 29.7 Å². The maximum absolute atomic E-state index is 13.0. The summed E-state index contributed by atoms with van der Waals surface area (Å²) in [6.07, 6.45) is 7.81. The van der Waals surface area contributed by atoms with Gasteiger partial charge in [-0.15, -0.1) is 0 Å². The Morgan fingerprint density at radius 1 is 0.484 bits per heavy atom. The van der Waals surface area contributed by atoms with Gasteiger partial charge in [-0.25, -0.2) is 0 Å². The van der Waals surface area contributed by atoms with Gasteiger partial charge < -0.3 is 24.2 Å². The monoisotopic (exact) mass is 812 g/mol. The van der Waals surface area contributed by atoms with Gasteiger partial charge in [0, 0.05) is 78.0 Å². The van der Waals surface area contributed by atoms with Gasteiger partial charge in [0.05, 0.1) is 62.5 Å². The van der Waals surface area contributed by atoms with Crippen molar-refractivity contribution in [3.8, 4) is 0 Å². The fraction of sp³-hybridized carbons (Fsp3) is 0.100. The number of hydrogen-bond donors (Lipinski definition) is 5. The minimum Gasteiger partial charge on any atom is -0.389 e. The van der Waals surface area contributed by atoms with Crippen molar-refractivity contribution in [1.29, 1.82) is 0 Å². The van der Waals surface area contributed by atoms with Crippen molar-refractivity contribution in [2.24, 2.45) is 0 Å². The highest BCUT2D eigenvalue weighted by atomic mass is 16.3. The van der Waals surface area contributed by atoms with Crippen molar-refractivity contribution < 1.29 is 29.1 Å². The van der Waals surface area contributed by atoms with Gasteiger partial charge in [-0.2, -0.15) is 0 Å². The predicted molar refractivity (Wildman–Crippen MR) is 238 cm³/mol. The SMILES string of the molecule is O=C1C=CC(n2c3ccccc3c3c4c(c5c6ccccc6[nH]c5c32)C(=O)NC4=O)C1.O=C1NC(=O)c2c1c1c3ccccc3[nH]c1c1c2c2ccccc2n1C1C=C[C@@H](O)C1. The van der Waals surface area contributed by atoms with E-state index in [4.69, 9.17) is 0 Å². The van der Waals surface area contributed by atoms with E-state index in [0.717, 1.165) is 87.2 Å². The lowest BCUT2D eigenvalue weighted by molar-refractivity contribution is -0.114. The number of rotatable bonds is 2. The number of imide groups is 2. The number of H-pyrrole nitrogens is 2. The first-order chi connectivity index (χ1) is 30.3. The van der Waals surface area contributed by atoms with Gasteiger partial charge in [0.2, 0.25) is 0 Å². The summed E-state index contributed by atoms with van der Waals surface area (Å²) < 4.78 is 4.34. The van der Waals surface area contributed by atoms with Crippen molar-refractivity contribution in [3.05, 3.63) is 144 Å². The van der Waals surface area contributed by atoms with Crippen LogP contribution in [0.15, 0.2) is 121 Å². The molecular formula is C50H32N6O6. The van der Waals surface area contributed by atoms with Gasteiger partial charge in [0.1, 0.15) is 0 Å². The Kier molecular flexibility index (Phi) is 6.86. The number of aliphatic hydroxyl groups excluding tert-OH is 1. The highest BCUT2D eigenvalue weighted by Gasteiger charge is 2.38. The molecule has 6 heterocycles. The van der Waals surface area contributed by atoms with E-state index in [-0.39, 0.29) is 41.5 Å². The number of amides is 4. The molecule has 5 N–H and O–H groups in total. The number of nitrogens with one attached hydrogen (secondary N) is 4. The molecule has 2 aliphatic carbocycles. The largest absolute Gasteiger partial charge is 0.389 e. The topological polar surface area (TPSA) is 171 Å². The number of aliphatic hydroxyl groups is 1. The maximum Gasteiger partial charge on any atom is 0.259 e. The Hall–Kier alpha value is -8.09. The fourth-order valence-corrected chi connectivity index (χ4v) is 10.8. The number of fused-ring (bicyclic) bond motifs is 20. The van der Waals surface area contributed by atoms with E-state index in [1.165, 1.54) is 0 Å². The third-order valence-electron chi connectivity index (χ3n) is 13.2. The van der Waals surface area contributed by atoms with Gasteiger partial charge in [0.15, 0.2) is 5.78 Å². The van der Waals surface area contributed by atoms with E-state index >= 15 is 0 Å². The molecule has 0 saturated heterocycles. The van der Waals surface area contributed by atoms with E-state index in [1.54, 1.807) is 6.08 Å². The molecule has 12 nitrogen and oxygen atoms in total. The van der Waals surface area contributed by atoms with Crippen LogP contribution in [0.25, 0.3) is 87.2 Å². The zero-order valence-corrected chi connectivity index (χ0v) is 32.6. The molecule has 6 aromatic carbocycles. The lowest BCUT2D eigenvalue weighted by Crippen LogP contribution is -2.20. The van der Waals surface area contributed by atoms with Crippen LogP contribution in [0.2, 0.25) is 0 Å². The molecule has 0 fully saturated rings. The first kappa shape index (κ1) is 34.7. The number of benzene rings is 6. The summed E-state index contributed by atoms with van der Waals surface area (Å²) in [6, 6.07) is 31.2. The predicted octanol–water partition coefficient (Wildman–Crippen LogP) is 8.56. The number of aromatic nitrogens is 4. The Labute approximate surface area is 349 Å². The number of carbonyl (C=O) groups is 5. The average molecular weight is 813 g/mol. The standard InChI is InChI=1S/C25H17N3O3.C25H15N3O3/c2*29-13-10-9-12(11-13)28-17-8-4-2-6-15(17)19-21-20(24(30)27-25(21)31)18-14-5-1-3-7-16(14)26-22(18)23(19)28/h1-10,12-13,26,29H,11H2,(H,27,30,31);1-10,12,26H,11H2,(H,27,30,31)/t12?,13-;/m1./s1. The molecule has 2 aliphatic heterocycles. The number of ketones is 1. The molecule has 4 aromatic heterocycles. The zero-order chi connectivity index (χ0) is 41.7. The number of carbonyl (C=O) groups excluding carboxylic acids is 5. The molecule has 14 rings (SSSR count). The fourth-order valence-electron chi connectivity index (χ4n) is 10.8. The van der Waals surface area contributed by atoms with Crippen LogP contribution < -0.4 is 10.6 Å². The van der Waals surface area contributed by atoms with Crippen molar-refractivity contribution >= 4 is 117 Å². The quantitative estimate of drug-likeness (QED) is 0.0865. The summed E-state index contributed by atoms with van der Waals surface area (Å²) >= 11 is 0. The van der Waals surface area contributed by atoms with Gasteiger partial charge in [0.25, 0.3) is 23.6 Å². The molecule has 2 unspecified atom stereocenters. The minimum atomic E-state index is -0.501. The summed E-state index contributed by atoms with van der Waals surface area (Å²) in [5.41, 5.74) is 8.82. The van der Waals surface area contributed by atoms with Crippen molar-refractivity contribution in [3.63, 3.8) is 0 Å². The van der Waals surface area contributed by atoms with Crippen LogP contribution in [-0.2, 0) is 4.79 Å². The molecule has 4 amide bonds. The lowest BCUT2D eigenvalue weighted by Gasteiger charge is -2.16. The second-order valence-corrected chi connectivity index (χ2v) is 16.5. The van der Waals surface area contributed by atoms with Crippen molar-refractivity contribution in [2.75, 3.05) is 0 Å². The third-order valence-corrected chi connectivity index (χ3v) is 13.2. The maximum atomic E-state index is 13.0. The Morgan fingerprint density at radius 2 is 0.919 bits per heavy atom. The molecule has 62 heavy (non-hydrogen) atoms. The Bertz CT molecular complexity index is 3860.